The van der Waals surface area contributed by atoms with E-state index in [1.54, 1.807) is 35.6 Å². The van der Waals surface area contributed by atoms with Crippen LogP contribution >= 0.6 is 11.3 Å². The Balaban J connectivity index is 1.80. The topological polar surface area (TPSA) is 92.7 Å². The number of carboxylic acids is 1. The summed E-state index contributed by atoms with van der Waals surface area (Å²) in [4.78, 5) is 36.7. The van der Waals surface area contributed by atoms with E-state index < -0.39 is 12.6 Å². The van der Waals surface area contributed by atoms with Gasteiger partial charge in [-0.3, -0.25) is 9.59 Å². The quantitative estimate of drug-likeness (QED) is 0.657. The SMILES string of the molecule is Cc1cc(C(=O)CCC(=O)NCc2cccc(OCC(=O)O)c2)c(C)s1. The lowest BCUT2D eigenvalue weighted by molar-refractivity contribution is -0.139. The molecule has 2 rings (SSSR count). The molecule has 0 saturated carbocycles. The van der Waals surface area contributed by atoms with E-state index in [1.807, 2.05) is 19.9 Å². The molecule has 0 atom stereocenters. The summed E-state index contributed by atoms with van der Waals surface area (Å²) in [6, 6.07) is 8.72. The second-order valence-electron chi connectivity index (χ2n) is 5.86. The smallest absolute Gasteiger partial charge is 0.341 e. The van der Waals surface area contributed by atoms with Gasteiger partial charge in [-0.15, -0.1) is 11.3 Å². The number of ketones is 1. The number of amides is 1. The van der Waals surface area contributed by atoms with E-state index in [1.165, 1.54) is 0 Å². The van der Waals surface area contributed by atoms with Crippen LogP contribution in [-0.2, 0) is 16.1 Å². The van der Waals surface area contributed by atoms with E-state index in [-0.39, 0.29) is 31.1 Å². The summed E-state index contributed by atoms with van der Waals surface area (Å²) in [7, 11) is 0. The van der Waals surface area contributed by atoms with Crippen molar-refractivity contribution < 1.29 is 24.2 Å². The van der Waals surface area contributed by atoms with Gasteiger partial charge in [0.2, 0.25) is 5.91 Å². The molecule has 138 valence electrons. The van der Waals surface area contributed by atoms with Crippen LogP contribution < -0.4 is 10.1 Å². The van der Waals surface area contributed by atoms with Crippen LogP contribution in [0.5, 0.6) is 5.75 Å². The molecule has 1 aromatic carbocycles. The van der Waals surface area contributed by atoms with E-state index in [4.69, 9.17) is 9.84 Å². The number of carbonyl (C=O) groups excluding carboxylic acids is 2. The third-order valence-corrected chi connectivity index (χ3v) is 4.64. The van der Waals surface area contributed by atoms with Gasteiger partial charge in [0, 0.05) is 34.7 Å². The summed E-state index contributed by atoms with van der Waals surface area (Å²) < 4.78 is 5.10. The van der Waals surface area contributed by atoms with Gasteiger partial charge >= 0.3 is 5.97 Å². The Morgan fingerprint density at radius 3 is 2.58 bits per heavy atom. The van der Waals surface area contributed by atoms with E-state index >= 15 is 0 Å². The van der Waals surface area contributed by atoms with Crippen LogP contribution in [0.1, 0.15) is 38.5 Å². The fourth-order valence-electron chi connectivity index (χ4n) is 2.45. The number of thiophene rings is 1. The summed E-state index contributed by atoms with van der Waals surface area (Å²) >= 11 is 1.58. The average Bonchev–Trinajstić information content (AvgIpc) is 2.94. The molecular formula is C19H21NO5S. The van der Waals surface area contributed by atoms with Crippen molar-refractivity contribution in [3.05, 3.63) is 51.2 Å². The standard InChI is InChI=1S/C19H21NO5S/c1-12-8-16(13(2)26-12)17(21)6-7-18(22)20-10-14-4-3-5-15(9-14)25-11-19(23)24/h3-5,8-9H,6-7,10-11H2,1-2H3,(H,20,22)(H,23,24). The molecule has 6 nitrogen and oxygen atoms in total. The lowest BCUT2D eigenvalue weighted by atomic mass is 10.1. The lowest BCUT2D eigenvalue weighted by Gasteiger charge is -2.08. The van der Waals surface area contributed by atoms with Gasteiger partial charge in [0.15, 0.2) is 12.4 Å². The van der Waals surface area contributed by atoms with Crippen LogP contribution in [0, 0.1) is 13.8 Å². The number of aryl methyl sites for hydroxylation is 2. The van der Waals surface area contributed by atoms with Gasteiger partial charge in [0.1, 0.15) is 5.75 Å². The summed E-state index contributed by atoms with van der Waals surface area (Å²) in [6.07, 6.45) is 0.299. The molecule has 0 fully saturated rings. The molecule has 0 aliphatic heterocycles. The molecule has 0 bridgehead atoms. The number of ether oxygens (including phenoxy) is 1. The molecule has 0 aliphatic carbocycles. The maximum atomic E-state index is 12.2. The number of carbonyl (C=O) groups is 3. The second kappa shape index (κ2) is 9.15. The first-order valence-electron chi connectivity index (χ1n) is 8.15. The van der Waals surface area contributed by atoms with Gasteiger partial charge in [0.05, 0.1) is 0 Å². The number of hydrogen-bond donors (Lipinski definition) is 2. The van der Waals surface area contributed by atoms with Crippen LogP contribution in [0.3, 0.4) is 0 Å². The zero-order valence-electron chi connectivity index (χ0n) is 14.7. The molecule has 0 aliphatic rings. The van der Waals surface area contributed by atoms with Crippen LogP contribution in [0.15, 0.2) is 30.3 Å². The predicted octanol–water partition coefficient (Wildman–Crippen LogP) is 3.11. The van der Waals surface area contributed by atoms with Crippen molar-refractivity contribution in [1.29, 1.82) is 0 Å². The molecule has 1 aromatic heterocycles. The molecule has 0 spiro atoms. The molecule has 0 radical (unpaired) electrons. The first-order chi connectivity index (χ1) is 12.3. The molecule has 1 amide bonds. The fraction of sp³-hybridized carbons (Fsp3) is 0.316. The normalized spacial score (nSPS) is 10.4. The van der Waals surface area contributed by atoms with Gasteiger partial charge in [-0.25, -0.2) is 4.79 Å². The predicted molar refractivity (Wildman–Crippen MR) is 98.8 cm³/mol. The van der Waals surface area contributed by atoms with Crippen LogP contribution in [0.4, 0.5) is 0 Å². The average molecular weight is 375 g/mol. The van der Waals surface area contributed by atoms with Crippen LogP contribution in [0.25, 0.3) is 0 Å². The van der Waals surface area contributed by atoms with Crippen molar-refractivity contribution in [1.82, 2.24) is 5.32 Å². The Labute approximate surface area is 155 Å². The van der Waals surface area contributed by atoms with Gasteiger partial charge in [-0.1, -0.05) is 12.1 Å². The highest BCUT2D eigenvalue weighted by Crippen LogP contribution is 2.22. The summed E-state index contributed by atoms with van der Waals surface area (Å²) in [5, 5.41) is 11.4. The summed E-state index contributed by atoms with van der Waals surface area (Å²) in [5.74, 6) is -0.854. The first kappa shape index (κ1) is 19.7. The minimum atomic E-state index is -1.05. The third-order valence-electron chi connectivity index (χ3n) is 3.67. The highest BCUT2D eigenvalue weighted by Gasteiger charge is 2.13. The largest absolute Gasteiger partial charge is 0.482 e. The van der Waals surface area contributed by atoms with Crippen LogP contribution in [-0.4, -0.2) is 29.4 Å². The Bertz CT molecular complexity index is 812. The number of benzene rings is 1. The van der Waals surface area contributed by atoms with E-state index in [0.717, 1.165) is 15.3 Å². The number of carboxylic acid groups (broad SMARTS) is 1. The number of hydrogen-bond acceptors (Lipinski definition) is 5. The van der Waals surface area contributed by atoms with Crippen molar-refractivity contribution in [2.24, 2.45) is 0 Å². The Morgan fingerprint density at radius 2 is 1.92 bits per heavy atom. The van der Waals surface area contributed by atoms with Gasteiger partial charge in [0.25, 0.3) is 0 Å². The maximum Gasteiger partial charge on any atom is 0.341 e. The van der Waals surface area contributed by atoms with Crippen molar-refractivity contribution in [2.75, 3.05) is 6.61 Å². The minimum Gasteiger partial charge on any atom is -0.482 e. The fourth-order valence-corrected chi connectivity index (χ4v) is 3.39. The minimum absolute atomic E-state index is 0.0222. The summed E-state index contributed by atoms with van der Waals surface area (Å²) in [5.41, 5.74) is 1.49. The van der Waals surface area contributed by atoms with Gasteiger partial charge in [-0.05, 0) is 37.6 Å². The molecule has 2 aromatic rings. The van der Waals surface area contributed by atoms with Gasteiger partial charge < -0.3 is 15.2 Å². The molecule has 0 unspecified atom stereocenters. The number of Topliss-reactive ketones (excluding diaryl/α,β-unsaturated/α-hetero) is 1. The molecule has 1 heterocycles. The third kappa shape index (κ3) is 6.00. The van der Waals surface area contributed by atoms with Gasteiger partial charge in [-0.2, -0.15) is 0 Å². The molecule has 26 heavy (non-hydrogen) atoms. The van der Waals surface area contributed by atoms with E-state index in [9.17, 15) is 14.4 Å². The highest BCUT2D eigenvalue weighted by molar-refractivity contribution is 7.12. The lowest BCUT2D eigenvalue weighted by Crippen LogP contribution is -2.23. The van der Waals surface area contributed by atoms with Crippen LogP contribution in [0.2, 0.25) is 0 Å². The zero-order chi connectivity index (χ0) is 19.1. The van der Waals surface area contributed by atoms with E-state index in [2.05, 4.69) is 5.32 Å². The summed E-state index contributed by atoms with van der Waals surface area (Å²) in [6.45, 7) is 3.73. The maximum absolute atomic E-state index is 12.2. The second-order valence-corrected chi connectivity index (χ2v) is 7.32. The molecule has 7 heteroatoms. The molecule has 0 saturated heterocycles. The van der Waals surface area contributed by atoms with Crippen molar-refractivity contribution in [2.45, 2.75) is 33.2 Å². The highest BCUT2D eigenvalue weighted by atomic mass is 32.1. The number of rotatable bonds is 9. The first-order valence-corrected chi connectivity index (χ1v) is 8.97. The van der Waals surface area contributed by atoms with Crippen molar-refractivity contribution in [3.8, 4) is 5.75 Å². The molecule has 2 N–H and O–H groups in total. The molecular weight excluding hydrogens is 354 g/mol. The van der Waals surface area contributed by atoms with Crippen molar-refractivity contribution >= 4 is 29.0 Å². The Morgan fingerprint density at radius 1 is 1.15 bits per heavy atom. The monoisotopic (exact) mass is 375 g/mol. The Hall–Kier alpha value is -2.67. The Kier molecular flexibility index (Phi) is 6.91. The number of aliphatic carboxylic acids is 1. The van der Waals surface area contributed by atoms with Crippen molar-refractivity contribution in [3.63, 3.8) is 0 Å². The number of nitrogens with one attached hydrogen (secondary N) is 1. The van der Waals surface area contributed by atoms with E-state index in [0.29, 0.717) is 11.3 Å². The zero-order valence-corrected chi connectivity index (χ0v) is 15.5.